The summed E-state index contributed by atoms with van der Waals surface area (Å²) in [5.74, 6) is -1.80. The molecule has 4 nitrogen and oxygen atoms in total. The molecule has 0 radical (unpaired) electrons. The number of rotatable bonds is 3. The first-order chi connectivity index (χ1) is 17.6. The molecule has 3 atom stereocenters. The van der Waals surface area contributed by atoms with E-state index < -0.39 is 29.2 Å². The third-order valence-electron chi connectivity index (χ3n) is 7.46. The SMILES string of the molecule is N#CC1(C#N)C(c2ccccc2F)C(C(=O)c2ccccc2)N2c3c(ccc4ccccc34)C=CC21. The Bertz CT molecular complexity index is 1620. The number of carbonyl (C=O) groups excluding carboxylic acids is 1. The molecule has 0 N–H and O–H groups in total. The van der Waals surface area contributed by atoms with Crippen molar-refractivity contribution in [3.05, 3.63) is 120 Å². The molecule has 2 heterocycles. The molecule has 0 bridgehead atoms. The number of halogens is 1. The molecular formula is C31H20FN3O. The van der Waals surface area contributed by atoms with Crippen LogP contribution in [-0.4, -0.2) is 17.9 Å². The number of hydrogen-bond acceptors (Lipinski definition) is 4. The van der Waals surface area contributed by atoms with Gasteiger partial charge in [0.05, 0.1) is 23.9 Å². The Morgan fingerprint density at radius 2 is 1.56 bits per heavy atom. The van der Waals surface area contributed by atoms with Crippen molar-refractivity contribution < 1.29 is 9.18 Å². The second kappa shape index (κ2) is 8.18. The predicted octanol–water partition coefficient (Wildman–Crippen LogP) is 6.26. The summed E-state index contributed by atoms with van der Waals surface area (Å²) in [6.07, 6.45) is 3.72. The lowest BCUT2D eigenvalue weighted by Gasteiger charge is -2.36. The Morgan fingerprint density at radius 1 is 0.861 bits per heavy atom. The van der Waals surface area contributed by atoms with Crippen molar-refractivity contribution >= 4 is 28.3 Å². The highest BCUT2D eigenvalue weighted by molar-refractivity contribution is 6.08. The van der Waals surface area contributed by atoms with Crippen molar-refractivity contribution in [3.63, 3.8) is 0 Å². The Labute approximate surface area is 208 Å². The summed E-state index contributed by atoms with van der Waals surface area (Å²) in [7, 11) is 0. The lowest BCUT2D eigenvalue weighted by atomic mass is 9.69. The minimum Gasteiger partial charge on any atom is -0.350 e. The summed E-state index contributed by atoms with van der Waals surface area (Å²) < 4.78 is 15.4. The van der Waals surface area contributed by atoms with Crippen LogP contribution in [-0.2, 0) is 0 Å². The van der Waals surface area contributed by atoms with E-state index in [0.29, 0.717) is 5.56 Å². The molecule has 2 aliphatic heterocycles. The zero-order chi connectivity index (χ0) is 24.9. The molecule has 5 heteroatoms. The topological polar surface area (TPSA) is 67.9 Å². The maximum Gasteiger partial charge on any atom is 0.185 e. The molecule has 1 saturated heterocycles. The summed E-state index contributed by atoms with van der Waals surface area (Å²) in [5.41, 5.74) is 0.617. The van der Waals surface area contributed by atoms with Gasteiger partial charge < -0.3 is 4.90 Å². The lowest BCUT2D eigenvalue weighted by molar-refractivity contribution is 0.0950. The Morgan fingerprint density at radius 3 is 2.31 bits per heavy atom. The minimum absolute atomic E-state index is 0.194. The van der Waals surface area contributed by atoms with Crippen LogP contribution in [0.2, 0.25) is 0 Å². The van der Waals surface area contributed by atoms with Crippen molar-refractivity contribution in [3.8, 4) is 12.1 Å². The smallest absolute Gasteiger partial charge is 0.185 e. The van der Waals surface area contributed by atoms with Crippen molar-refractivity contribution in [1.29, 1.82) is 10.5 Å². The van der Waals surface area contributed by atoms with Gasteiger partial charge in [0.2, 0.25) is 0 Å². The number of anilines is 1. The number of hydrogen-bond donors (Lipinski definition) is 0. The fourth-order valence-electron chi connectivity index (χ4n) is 5.89. The molecule has 2 aliphatic rings. The minimum atomic E-state index is -1.69. The second-order valence-electron chi connectivity index (χ2n) is 9.20. The number of carbonyl (C=O) groups is 1. The Balaban J connectivity index is 1.70. The molecule has 36 heavy (non-hydrogen) atoms. The molecule has 0 aliphatic carbocycles. The van der Waals surface area contributed by atoms with Gasteiger partial charge in [-0.2, -0.15) is 10.5 Å². The van der Waals surface area contributed by atoms with Crippen molar-refractivity contribution in [2.45, 2.75) is 18.0 Å². The first-order valence-corrected chi connectivity index (χ1v) is 11.7. The first kappa shape index (κ1) is 21.8. The van der Waals surface area contributed by atoms with Crippen LogP contribution in [0.25, 0.3) is 16.8 Å². The fraction of sp³-hybridized carbons (Fsp3) is 0.129. The van der Waals surface area contributed by atoms with Gasteiger partial charge in [0.15, 0.2) is 11.2 Å². The van der Waals surface area contributed by atoms with Gasteiger partial charge in [-0.25, -0.2) is 4.39 Å². The molecule has 6 rings (SSSR count). The number of nitriles is 2. The summed E-state index contributed by atoms with van der Waals surface area (Å²) in [4.78, 5) is 16.2. The van der Waals surface area contributed by atoms with E-state index in [9.17, 15) is 15.3 Å². The Kier molecular flexibility index (Phi) is 4.95. The molecule has 0 saturated carbocycles. The third kappa shape index (κ3) is 2.93. The van der Waals surface area contributed by atoms with Crippen LogP contribution in [0, 0.1) is 33.9 Å². The third-order valence-corrected chi connectivity index (χ3v) is 7.46. The first-order valence-electron chi connectivity index (χ1n) is 11.7. The highest BCUT2D eigenvalue weighted by Gasteiger charge is 2.64. The van der Waals surface area contributed by atoms with E-state index in [2.05, 4.69) is 12.1 Å². The lowest BCUT2D eigenvalue weighted by Crippen LogP contribution is -2.44. The monoisotopic (exact) mass is 469 g/mol. The van der Waals surface area contributed by atoms with E-state index >= 15 is 4.39 Å². The molecule has 1 fully saturated rings. The van der Waals surface area contributed by atoms with Crippen molar-refractivity contribution in [2.24, 2.45) is 5.41 Å². The summed E-state index contributed by atoms with van der Waals surface area (Å²) in [6, 6.07) is 29.6. The standard InChI is InChI=1S/C31H20FN3O/c32-25-13-7-6-12-24(25)27-29(30(36)22-9-2-1-3-10-22)35-26(31(27,18-33)19-34)17-16-21-15-14-20-8-4-5-11-23(20)28(21)35/h1-17,26-27,29H. The van der Waals surface area contributed by atoms with Crippen LogP contribution in [0.1, 0.15) is 27.4 Å². The molecular weight excluding hydrogens is 449 g/mol. The van der Waals surface area contributed by atoms with Gasteiger partial charge in [0.1, 0.15) is 11.9 Å². The zero-order valence-electron chi connectivity index (χ0n) is 19.2. The zero-order valence-corrected chi connectivity index (χ0v) is 19.2. The van der Waals surface area contributed by atoms with Crippen LogP contribution in [0.4, 0.5) is 10.1 Å². The molecule has 0 amide bonds. The largest absolute Gasteiger partial charge is 0.350 e. The van der Waals surface area contributed by atoms with Gasteiger partial charge in [0.25, 0.3) is 0 Å². The average Bonchev–Trinajstić information content (AvgIpc) is 3.23. The van der Waals surface area contributed by atoms with Crippen LogP contribution >= 0.6 is 0 Å². The molecule has 172 valence electrons. The number of ketones is 1. The summed E-state index contributed by atoms with van der Waals surface area (Å²) in [5, 5.41) is 23.0. The quantitative estimate of drug-likeness (QED) is 0.332. The molecule has 0 aromatic heterocycles. The van der Waals surface area contributed by atoms with E-state index in [1.54, 1.807) is 42.5 Å². The van der Waals surface area contributed by atoms with Gasteiger partial charge >= 0.3 is 0 Å². The van der Waals surface area contributed by atoms with Crippen LogP contribution in [0.3, 0.4) is 0 Å². The molecule has 3 unspecified atom stereocenters. The van der Waals surface area contributed by atoms with Crippen molar-refractivity contribution in [2.75, 3.05) is 4.90 Å². The van der Waals surface area contributed by atoms with Crippen LogP contribution in [0.5, 0.6) is 0 Å². The average molecular weight is 470 g/mol. The Hall–Kier alpha value is -4.74. The summed E-state index contributed by atoms with van der Waals surface area (Å²) in [6.45, 7) is 0. The maximum atomic E-state index is 15.4. The number of nitrogens with zero attached hydrogens (tertiary/aromatic N) is 3. The predicted molar refractivity (Wildman–Crippen MR) is 137 cm³/mol. The number of benzene rings is 4. The van der Waals surface area contributed by atoms with Gasteiger partial charge in [-0.1, -0.05) is 97.1 Å². The molecule has 4 aromatic rings. The van der Waals surface area contributed by atoms with E-state index in [-0.39, 0.29) is 11.3 Å². The number of Topliss-reactive ketones (excluding diaryl/α,β-unsaturated/α-hetero) is 1. The molecule has 4 aromatic carbocycles. The van der Waals surface area contributed by atoms with Gasteiger partial charge in [-0.05, 0) is 22.6 Å². The van der Waals surface area contributed by atoms with E-state index in [1.165, 1.54) is 6.07 Å². The normalized spacial score (nSPS) is 21.3. The van der Waals surface area contributed by atoms with Gasteiger partial charge in [-0.15, -0.1) is 0 Å². The van der Waals surface area contributed by atoms with E-state index in [4.69, 9.17) is 0 Å². The van der Waals surface area contributed by atoms with Crippen molar-refractivity contribution in [1.82, 2.24) is 0 Å². The fourth-order valence-corrected chi connectivity index (χ4v) is 5.89. The van der Waals surface area contributed by atoms with Crippen LogP contribution < -0.4 is 4.90 Å². The highest BCUT2D eigenvalue weighted by atomic mass is 19.1. The summed E-state index contributed by atoms with van der Waals surface area (Å²) >= 11 is 0. The number of fused-ring (bicyclic) bond motifs is 5. The van der Waals surface area contributed by atoms with E-state index in [1.807, 2.05) is 59.5 Å². The maximum absolute atomic E-state index is 15.4. The second-order valence-corrected chi connectivity index (χ2v) is 9.20. The molecule has 0 spiro atoms. The van der Waals surface area contributed by atoms with Crippen LogP contribution in [0.15, 0.2) is 97.1 Å². The highest BCUT2D eigenvalue weighted by Crippen LogP contribution is 2.57. The van der Waals surface area contributed by atoms with Gasteiger partial charge in [0, 0.05) is 16.9 Å². The van der Waals surface area contributed by atoms with E-state index in [0.717, 1.165) is 22.0 Å². The van der Waals surface area contributed by atoms with Gasteiger partial charge in [-0.3, -0.25) is 4.79 Å².